The van der Waals surface area contributed by atoms with Gasteiger partial charge in [-0.05, 0) is 31.9 Å². The van der Waals surface area contributed by atoms with Crippen LogP contribution in [0.3, 0.4) is 0 Å². The number of nitrogens with zero attached hydrogens (tertiary/aromatic N) is 4. The van der Waals surface area contributed by atoms with E-state index in [4.69, 9.17) is 4.42 Å². The molecule has 0 aliphatic carbocycles. The summed E-state index contributed by atoms with van der Waals surface area (Å²) in [5.41, 5.74) is 1.27. The van der Waals surface area contributed by atoms with E-state index in [1.165, 1.54) is 10.9 Å². The molecule has 1 aliphatic heterocycles. The number of likely N-dealkylation sites (tertiary alicyclic amines) is 1. The van der Waals surface area contributed by atoms with Crippen LogP contribution in [0.15, 0.2) is 39.9 Å². The van der Waals surface area contributed by atoms with Crippen molar-refractivity contribution in [2.24, 2.45) is 7.05 Å². The summed E-state index contributed by atoms with van der Waals surface area (Å²) in [4.78, 5) is 36.1. The van der Waals surface area contributed by atoms with E-state index in [1.54, 1.807) is 20.2 Å². The van der Waals surface area contributed by atoms with Gasteiger partial charge in [0.25, 0.3) is 11.5 Å². The highest BCUT2D eigenvalue weighted by Gasteiger charge is 2.26. The van der Waals surface area contributed by atoms with Crippen LogP contribution < -0.4 is 10.9 Å². The molecular weight excluding hydrogens is 358 g/mol. The van der Waals surface area contributed by atoms with Crippen LogP contribution in [0, 0.1) is 6.92 Å². The Kier molecular flexibility index (Phi) is 4.95. The molecule has 1 aliphatic rings. The summed E-state index contributed by atoms with van der Waals surface area (Å²) in [6.45, 7) is 4.27. The van der Waals surface area contributed by atoms with Gasteiger partial charge in [0.1, 0.15) is 17.5 Å². The van der Waals surface area contributed by atoms with Crippen molar-refractivity contribution in [2.45, 2.75) is 32.4 Å². The van der Waals surface area contributed by atoms with Crippen LogP contribution in [0.1, 0.15) is 34.7 Å². The van der Waals surface area contributed by atoms with Gasteiger partial charge in [0.2, 0.25) is 5.71 Å². The van der Waals surface area contributed by atoms with Gasteiger partial charge in [-0.3, -0.25) is 19.5 Å². The summed E-state index contributed by atoms with van der Waals surface area (Å²) < 4.78 is 6.88. The van der Waals surface area contributed by atoms with Crippen molar-refractivity contribution in [3.05, 3.63) is 58.1 Å². The van der Waals surface area contributed by atoms with Gasteiger partial charge in [-0.15, -0.1) is 0 Å². The number of nitrogens with one attached hydrogen (secondary N) is 1. The Balaban J connectivity index is 1.43. The van der Waals surface area contributed by atoms with E-state index in [0.29, 0.717) is 11.3 Å². The zero-order chi connectivity index (χ0) is 19.7. The molecule has 0 bridgehead atoms. The van der Waals surface area contributed by atoms with E-state index < -0.39 is 0 Å². The van der Waals surface area contributed by atoms with Crippen LogP contribution in [0.2, 0.25) is 0 Å². The van der Waals surface area contributed by atoms with Gasteiger partial charge in [0, 0.05) is 38.9 Å². The molecule has 146 valence electrons. The monoisotopic (exact) mass is 381 g/mol. The fraction of sp³-hybridized carbons (Fsp3) is 0.400. The second-order valence-corrected chi connectivity index (χ2v) is 7.22. The number of carbonyl (C=O) groups excluding carboxylic acids is 1. The highest BCUT2D eigenvalue weighted by molar-refractivity contribution is 6.06. The molecule has 0 unspecified atom stereocenters. The Labute approximate surface area is 162 Å². The van der Waals surface area contributed by atoms with Crippen molar-refractivity contribution in [3.63, 3.8) is 0 Å². The molecule has 1 fully saturated rings. The lowest BCUT2D eigenvalue weighted by Crippen LogP contribution is -2.44. The standard InChI is InChI=1S/C20H23N5O3/c1-13-16(17-19(28-13)22-12-24(2)20(17)27)18(26)23-14-6-9-25(10-7-14)11-15-5-3-4-8-21-15/h3-5,8,12,14H,6-7,9-11H2,1-2H3,(H,23,26). The maximum absolute atomic E-state index is 12.9. The van der Waals surface area contributed by atoms with Crippen molar-refractivity contribution >= 4 is 17.0 Å². The summed E-state index contributed by atoms with van der Waals surface area (Å²) >= 11 is 0. The molecule has 0 saturated carbocycles. The third-order valence-corrected chi connectivity index (χ3v) is 5.21. The van der Waals surface area contributed by atoms with Gasteiger partial charge >= 0.3 is 0 Å². The predicted octanol–water partition coefficient (Wildman–Crippen LogP) is 1.62. The Morgan fingerprint density at radius 3 is 2.79 bits per heavy atom. The molecule has 1 saturated heterocycles. The first-order valence-electron chi connectivity index (χ1n) is 9.41. The predicted molar refractivity (Wildman–Crippen MR) is 104 cm³/mol. The Hall–Kier alpha value is -3.00. The number of aromatic nitrogens is 3. The molecule has 0 atom stereocenters. The maximum Gasteiger partial charge on any atom is 0.265 e. The Morgan fingerprint density at radius 2 is 2.07 bits per heavy atom. The van der Waals surface area contributed by atoms with E-state index >= 15 is 0 Å². The third-order valence-electron chi connectivity index (χ3n) is 5.21. The second-order valence-electron chi connectivity index (χ2n) is 7.22. The molecule has 1 amide bonds. The molecule has 3 aromatic heterocycles. The Morgan fingerprint density at radius 1 is 1.29 bits per heavy atom. The lowest BCUT2D eigenvalue weighted by Gasteiger charge is -2.32. The molecule has 0 radical (unpaired) electrons. The lowest BCUT2D eigenvalue weighted by molar-refractivity contribution is 0.0908. The van der Waals surface area contributed by atoms with Crippen molar-refractivity contribution in [1.29, 1.82) is 0 Å². The molecule has 1 N–H and O–H groups in total. The van der Waals surface area contributed by atoms with E-state index in [0.717, 1.165) is 38.2 Å². The summed E-state index contributed by atoms with van der Waals surface area (Å²) in [6.07, 6.45) is 4.90. The number of fused-ring (bicyclic) bond motifs is 1. The molecule has 28 heavy (non-hydrogen) atoms. The molecular formula is C20H23N5O3. The minimum atomic E-state index is -0.280. The van der Waals surface area contributed by atoms with E-state index in [9.17, 15) is 9.59 Å². The van der Waals surface area contributed by atoms with E-state index in [-0.39, 0.29) is 28.6 Å². The second kappa shape index (κ2) is 7.55. The van der Waals surface area contributed by atoms with E-state index in [1.807, 2.05) is 18.2 Å². The first-order valence-corrected chi connectivity index (χ1v) is 9.41. The van der Waals surface area contributed by atoms with Crippen LogP contribution in [-0.4, -0.2) is 44.5 Å². The average Bonchev–Trinajstić information content (AvgIpc) is 3.04. The molecule has 0 aromatic carbocycles. The molecule has 4 heterocycles. The molecule has 4 rings (SSSR count). The summed E-state index contributed by atoms with van der Waals surface area (Å²) in [7, 11) is 1.61. The smallest absolute Gasteiger partial charge is 0.265 e. The number of hydrogen-bond acceptors (Lipinski definition) is 6. The quantitative estimate of drug-likeness (QED) is 0.738. The molecule has 3 aromatic rings. The average molecular weight is 381 g/mol. The third kappa shape index (κ3) is 3.55. The number of amides is 1. The zero-order valence-electron chi connectivity index (χ0n) is 16.0. The first kappa shape index (κ1) is 18.4. The van der Waals surface area contributed by atoms with Crippen LogP contribution >= 0.6 is 0 Å². The topological polar surface area (TPSA) is 93.3 Å². The number of hydrogen-bond donors (Lipinski definition) is 1. The minimum Gasteiger partial charge on any atom is -0.442 e. The van der Waals surface area contributed by atoms with Crippen LogP contribution in [0.5, 0.6) is 0 Å². The van der Waals surface area contributed by atoms with Gasteiger partial charge in [-0.1, -0.05) is 6.07 Å². The van der Waals surface area contributed by atoms with Crippen molar-refractivity contribution in [3.8, 4) is 0 Å². The van der Waals surface area contributed by atoms with Gasteiger partial charge in [-0.25, -0.2) is 4.98 Å². The summed E-state index contributed by atoms with van der Waals surface area (Å²) in [5.74, 6) is 0.139. The lowest BCUT2D eigenvalue weighted by atomic mass is 10.0. The van der Waals surface area contributed by atoms with Crippen molar-refractivity contribution in [2.75, 3.05) is 13.1 Å². The normalized spacial score (nSPS) is 15.8. The molecule has 8 heteroatoms. The minimum absolute atomic E-state index is 0.0670. The van der Waals surface area contributed by atoms with Crippen LogP contribution in [0.4, 0.5) is 0 Å². The van der Waals surface area contributed by atoms with Gasteiger partial charge < -0.3 is 14.3 Å². The fourth-order valence-electron chi connectivity index (χ4n) is 3.67. The summed E-state index contributed by atoms with van der Waals surface area (Å²) in [5, 5.41) is 3.31. The Bertz CT molecular complexity index is 1050. The number of carbonyl (C=O) groups is 1. The highest BCUT2D eigenvalue weighted by Crippen LogP contribution is 2.21. The number of rotatable bonds is 4. The number of pyridine rings is 1. The zero-order valence-corrected chi connectivity index (χ0v) is 16.0. The van der Waals surface area contributed by atoms with E-state index in [2.05, 4.69) is 20.2 Å². The number of aryl methyl sites for hydroxylation is 2. The number of furan rings is 1. The van der Waals surface area contributed by atoms with Crippen molar-refractivity contribution in [1.82, 2.24) is 24.8 Å². The van der Waals surface area contributed by atoms with Crippen LogP contribution in [-0.2, 0) is 13.6 Å². The largest absolute Gasteiger partial charge is 0.442 e. The highest BCUT2D eigenvalue weighted by atomic mass is 16.3. The van der Waals surface area contributed by atoms with Gasteiger partial charge in [0.05, 0.1) is 11.3 Å². The molecule has 8 nitrogen and oxygen atoms in total. The maximum atomic E-state index is 12.9. The molecule has 0 spiro atoms. The SMILES string of the molecule is Cc1oc2ncn(C)c(=O)c2c1C(=O)NC1CCN(Cc2ccccn2)CC1. The van der Waals surface area contributed by atoms with Crippen LogP contribution in [0.25, 0.3) is 11.1 Å². The van der Waals surface area contributed by atoms with Gasteiger partial charge in [-0.2, -0.15) is 0 Å². The number of piperidine rings is 1. The fourth-order valence-corrected chi connectivity index (χ4v) is 3.67. The summed E-state index contributed by atoms with van der Waals surface area (Å²) in [6, 6.07) is 5.99. The van der Waals surface area contributed by atoms with Gasteiger partial charge in [0.15, 0.2) is 0 Å². The van der Waals surface area contributed by atoms with Crippen molar-refractivity contribution < 1.29 is 9.21 Å². The first-order chi connectivity index (χ1) is 13.5.